The van der Waals surface area contributed by atoms with Gasteiger partial charge in [0.1, 0.15) is 0 Å². The largest absolute Gasteiger partial charge is 0.481 e. The maximum Gasteiger partial charge on any atom is 0.307 e. The molecule has 30 heavy (non-hydrogen) atoms. The van der Waals surface area contributed by atoms with E-state index < -0.39 is 11.9 Å². The molecule has 0 radical (unpaired) electrons. The number of unbranched alkanes of at least 4 members (excludes halogenated alkanes) is 13. The average molecular weight is 425 g/mol. The molecule has 1 atom stereocenters. The van der Waals surface area contributed by atoms with Crippen LogP contribution in [0.4, 0.5) is 0 Å². The number of esters is 1. The summed E-state index contributed by atoms with van der Waals surface area (Å²) in [7, 11) is 0. The number of hydrogen-bond donors (Lipinski definition) is 1. The fourth-order valence-electron chi connectivity index (χ4n) is 3.60. The normalized spacial score (nSPS) is 12.3. The molecule has 0 aromatic heterocycles. The molecule has 0 aromatic carbocycles. The van der Waals surface area contributed by atoms with Crippen LogP contribution in [0.1, 0.15) is 129 Å². The van der Waals surface area contributed by atoms with E-state index in [1.54, 1.807) is 0 Å². The van der Waals surface area contributed by atoms with Crippen molar-refractivity contribution in [3.63, 3.8) is 0 Å². The molecule has 0 aromatic rings. The maximum absolute atomic E-state index is 11.6. The van der Waals surface area contributed by atoms with Gasteiger partial charge in [0.25, 0.3) is 0 Å². The van der Waals surface area contributed by atoms with Crippen molar-refractivity contribution in [3.05, 3.63) is 12.2 Å². The quantitative estimate of drug-likeness (QED) is 0.109. The molecule has 0 aliphatic carbocycles. The predicted octanol–water partition coefficient (Wildman–Crippen LogP) is 7.85. The number of aliphatic carboxylic acids is 1. The molecule has 0 bridgehead atoms. The Balaban J connectivity index is 3.50. The molecule has 4 heteroatoms. The first-order valence-electron chi connectivity index (χ1n) is 12.6. The monoisotopic (exact) mass is 424 g/mol. The van der Waals surface area contributed by atoms with Crippen LogP contribution in [0.3, 0.4) is 0 Å². The number of carboxylic acid groups (broad SMARTS) is 1. The predicted molar refractivity (Wildman–Crippen MR) is 126 cm³/mol. The fourth-order valence-corrected chi connectivity index (χ4v) is 3.60. The van der Waals surface area contributed by atoms with E-state index in [2.05, 4.69) is 19.1 Å². The first-order chi connectivity index (χ1) is 14.6. The zero-order chi connectivity index (χ0) is 22.3. The van der Waals surface area contributed by atoms with Gasteiger partial charge in [-0.2, -0.15) is 0 Å². The molecule has 0 spiro atoms. The Morgan fingerprint density at radius 2 is 1.23 bits per heavy atom. The third kappa shape index (κ3) is 20.0. The molecular formula is C26H48O4. The van der Waals surface area contributed by atoms with E-state index in [1.807, 2.05) is 6.92 Å². The highest BCUT2D eigenvalue weighted by atomic mass is 16.5. The van der Waals surface area contributed by atoms with Crippen LogP contribution in [0.15, 0.2) is 12.2 Å². The van der Waals surface area contributed by atoms with Gasteiger partial charge < -0.3 is 9.84 Å². The summed E-state index contributed by atoms with van der Waals surface area (Å²) in [5, 5.41) is 9.26. The molecule has 0 aliphatic rings. The van der Waals surface area contributed by atoms with Gasteiger partial charge in [-0.3, -0.25) is 9.59 Å². The van der Waals surface area contributed by atoms with Gasteiger partial charge in [0.05, 0.1) is 18.9 Å². The molecule has 0 fully saturated rings. The molecule has 0 heterocycles. The second-order valence-corrected chi connectivity index (χ2v) is 8.54. The first kappa shape index (κ1) is 28.7. The standard InChI is InChI=1S/C26H48O4/c1-3-5-6-7-8-9-10-11-12-13-14-15-16-17-18-19-20-21-24(26(28)29)23-25(27)30-22-4-2/h15-16,24H,3-14,17-23H2,1-2H3,(H,28,29)/b16-15+. The lowest BCUT2D eigenvalue weighted by Crippen LogP contribution is -2.19. The first-order valence-corrected chi connectivity index (χ1v) is 12.6. The molecule has 1 N–H and O–H groups in total. The number of allylic oxidation sites excluding steroid dienone is 2. The SMILES string of the molecule is CCCCCCCCCCCC/C=C/CCCCCC(CC(=O)OCCC)C(=O)O. The van der Waals surface area contributed by atoms with Gasteiger partial charge >= 0.3 is 11.9 Å². The van der Waals surface area contributed by atoms with E-state index in [0.717, 1.165) is 32.1 Å². The summed E-state index contributed by atoms with van der Waals surface area (Å²) < 4.78 is 5.00. The number of rotatable bonds is 22. The Hall–Kier alpha value is -1.32. The van der Waals surface area contributed by atoms with Crippen LogP contribution in [0, 0.1) is 5.92 Å². The highest BCUT2D eigenvalue weighted by Gasteiger charge is 2.21. The van der Waals surface area contributed by atoms with Crippen molar-refractivity contribution >= 4 is 11.9 Å². The van der Waals surface area contributed by atoms with E-state index in [0.29, 0.717) is 13.0 Å². The minimum absolute atomic E-state index is 0.00586. The molecule has 0 saturated heterocycles. The summed E-state index contributed by atoms with van der Waals surface area (Å²) in [5.41, 5.74) is 0. The van der Waals surface area contributed by atoms with Crippen molar-refractivity contribution in [1.82, 2.24) is 0 Å². The molecule has 0 aliphatic heterocycles. The highest BCUT2D eigenvalue weighted by molar-refractivity contribution is 5.78. The van der Waals surface area contributed by atoms with Crippen molar-refractivity contribution in [3.8, 4) is 0 Å². The van der Waals surface area contributed by atoms with Crippen LogP contribution < -0.4 is 0 Å². The summed E-state index contributed by atoms with van der Waals surface area (Å²) >= 11 is 0. The topological polar surface area (TPSA) is 63.6 Å². The third-order valence-corrected chi connectivity index (χ3v) is 5.54. The van der Waals surface area contributed by atoms with Crippen LogP contribution in [0.25, 0.3) is 0 Å². The average Bonchev–Trinajstić information content (AvgIpc) is 2.73. The van der Waals surface area contributed by atoms with Crippen LogP contribution in [0.5, 0.6) is 0 Å². The van der Waals surface area contributed by atoms with Gasteiger partial charge in [-0.1, -0.05) is 96.6 Å². The number of ether oxygens (including phenoxy) is 1. The minimum atomic E-state index is -0.889. The van der Waals surface area contributed by atoms with Gasteiger partial charge in [-0.15, -0.1) is 0 Å². The number of hydrogen-bond acceptors (Lipinski definition) is 3. The third-order valence-electron chi connectivity index (χ3n) is 5.54. The molecular weight excluding hydrogens is 376 g/mol. The number of carbonyl (C=O) groups excluding carboxylic acids is 1. The zero-order valence-corrected chi connectivity index (χ0v) is 19.8. The van der Waals surface area contributed by atoms with Gasteiger partial charge in [0, 0.05) is 0 Å². The van der Waals surface area contributed by atoms with Gasteiger partial charge in [-0.25, -0.2) is 0 Å². The summed E-state index contributed by atoms with van der Waals surface area (Å²) in [5.74, 6) is -1.89. The van der Waals surface area contributed by atoms with Crippen LogP contribution in [0.2, 0.25) is 0 Å². The van der Waals surface area contributed by atoms with Crippen molar-refractivity contribution in [2.24, 2.45) is 5.92 Å². The van der Waals surface area contributed by atoms with Gasteiger partial charge in [-0.05, 0) is 38.5 Å². The summed E-state index contributed by atoms with van der Waals surface area (Å²) in [4.78, 5) is 22.9. The van der Waals surface area contributed by atoms with Gasteiger partial charge in [0.15, 0.2) is 0 Å². The molecule has 176 valence electrons. The highest BCUT2D eigenvalue weighted by Crippen LogP contribution is 2.16. The second kappa shape index (κ2) is 22.4. The Labute approximate surface area is 185 Å². The molecule has 1 unspecified atom stereocenters. The van der Waals surface area contributed by atoms with E-state index in [-0.39, 0.29) is 12.4 Å². The summed E-state index contributed by atoms with van der Waals surface area (Å²) in [6.45, 7) is 4.56. The van der Waals surface area contributed by atoms with E-state index in [4.69, 9.17) is 4.74 Å². The summed E-state index contributed by atoms with van der Waals surface area (Å²) in [6, 6.07) is 0. The second-order valence-electron chi connectivity index (χ2n) is 8.54. The molecule has 4 nitrogen and oxygen atoms in total. The van der Waals surface area contributed by atoms with E-state index in [9.17, 15) is 14.7 Å². The molecule has 0 amide bonds. The zero-order valence-electron chi connectivity index (χ0n) is 19.8. The van der Waals surface area contributed by atoms with Crippen molar-refractivity contribution in [2.75, 3.05) is 6.61 Å². The lowest BCUT2D eigenvalue weighted by Gasteiger charge is -2.11. The van der Waals surface area contributed by atoms with Crippen molar-refractivity contribution in [1.29, 1.82) is 0 Å². The van der Waals surface area contributed by atoms with E-state index >= 15 is 0 Å². The number of carboxylic acids is 1. The van der Waals surface area contributed by atoms with Crippen molar-refractivity contribution < 1.29 is 19.4 Å². The molecule has 0 saturated carbocycles. The van der Waals surface area contributed by atoms with E-state index in [1.165, 1.54) is 70.6 Å². The Morgan fingerprint density at radius 1 is 0.733 bits per heavy atom. The molecule has 0 rings (SSSR count). The number of carbonyl (C=O) groups is 2. The minimum Gasteiger partial charge on any atom is -0.481 e. The maximum atomic E-state index is 11.6. The van der Waals surface area contributed by atoms with Crippen LogP contribution in [-0.2, 0) is 14.3 Å². The lowest BCUT2D eigenvalue weighted by atomic mass is 9.97. The Morgan fingerprint density at radius 3 is 1.73 bits per heavy atom. The van der Waals surface area contributed by atoms with Crippen LogP contribution >= 0.6 is 0 Å². The van der Waals surface area contributed by atoms with Gasteiger partial charge in [0.2, 0.25) is 0 Å². The lowest BCUT2D eigenvalue weighted by molar-refractivity contribution is -0.151. The Bertz CT molecular complexity index is 431. The van der Waals surface area contributed by atoms with Crippen LogP contribution in [-0.4, -0.2) is 23.7 Å². The summed E-state index contributed by atoms with van der Waals surface area (Å²) in [6.07, 6.45) is 24.8. The van der Waals surface area contributed by atoms with Crippen molar-refractivity contribution in [2.45, 2.75) is 129 Å². The smallest absolute Gasteiger partial charge is 0.307 e. The fraction of sp³-hybridized carbons (Fsp3) is 0.846. The Kier molecular flexibility index (Phi) is 21.4.